The number of aryl methyl sites for hydroxylation is 1. The molecule has 11 heteroatoms. The van der Waals surface area contributed by atoms with E-state index in [1.165, 1.54) is 0 Å². The van der Waals surface area contributed by atoms with Gasteiger partial charge in [-0.05, 0) is 37.5 Å². The van der Waals surface area contributed by atoms with Gasteiger partial charge in [0.15, 0.2) is 0 Å². The van der Waals surface area contributed by atoms with E-state index in [0.29, 0.717) is 13.1 Å². The number of hydrogen-bond acceptors (Lipinski definition) is 5. The zero-order valence-corrected chi connectivity index (χ0v) is 14.0. The number of benzene rings is 1. The Kier molecular flexibility index (Phi) is 13.8. The first-order valence-electron chi connectivity index (χ1n) is 6.79. The Morgan fingerprint density at radius 1 is 0.917 bits per heavy atom. The van der Waals surface area contributed by atoms with E-state index >= 15 is 0 Å². The summed E-state index contributed by atoms with van der Waals surface area (Å²) in [5.74, 6) is -0.707. The van der Waals surface area contributed by atoms with Gasteiger partial charge in [-0.2, -0.15) is 16.8 Å². The molecule has 2 N–H and O–H groups in total. The van der Waals surface area contributed by atoms with Gasteiger partial charge in [0.25, 0.3) is 20.2 Å². The summed E-state index contributed by atoms with van der Waals surface area (Å²) in [6.45, 7) is 2.63. The van der Waals surface area contributed by atoms with E-state index in [9.17, 15) is 16.8 Å². The van der Waals surface area contributed by atoms with Crippen molar-refractivity contribution in [1.29, 1.82) is 0 Å². The van der Waals surface area contributed by atoms with E-state index in [2.05, 4.69) is 0 Å². The number of anilines is 1. The Morgan fingerprint density at radius 2 is 1.38 bits per heavy atom. The minimum absolute atomic E-state index is 0. The summed E-state index contributed by atoms with van der Waals surface area (Å²) < 4.78 is 60.6. The van der Waals surface area contributed by atoms with Crippen LogP contribution in [0.2, 0.25) is 0 Å². The van der Waals surface area contributed by atoms with Crippen LogP contribution in [0.15, 0.2) is 24.3 Å². The fraction of sp³-hybridized carbons (Fsp3) is 0.538. The molecular weight excluding hydrogens is 376 g/mol. The van der Waals surface area contributed by atoms with Gasteiger partial charge in [-0.25, -0.2) is 0 Å². The van der Waals surface area contributed by atoms with E-state index in [1.54, 1.807) is 0 Å². The van der Waals surface area contributed by atoms with Crippen LogP contribution in [-0.4, -0.2) is 110 Å². The average Bonchev–Trinajstić information content (AvgIpc) is 2.34. The second-order valence-corrected chi connectivity index (χ2v) is 8.25. The Bertz CT molecular complexity index is 656. The molecule has 7 nitrogen and oxygen atoms in total. The van der Waals surface area contributed by atoms with Crippen LogP contribution in [0, 0.1) is 6.92 Å². The Morgan fingerprint density at radius 3 is 1.75 bits per heavy atom. The molecule has 0 spiro atoms. The van der Waals surface area contributed by atoms with Crippen molar-refractivity contribution in [3.8, 4) is 0 Å². The fourth-order valence-electron chi connectivity index (χ4n) is 2.07. The predicted octanol–water partition coefficient (Wildman–Crippen LogP) is 0.0602. The molecule has 0 radical (unpaired) electrons. The molecule has 130 valence electrons. The van der Waals surface area contributed by atoms with Gasteiger partial charge in [0.2, 0.25) is 0 Å². The maximum atomic E-state index is 10.8. The van der Waals surface area contributed by atoms with Gasteiger partial charge in [0.1, 0.15) is 0 Å². The maximum absolute atomic E-state index is 10.8. The van der Waals surface area contributed by atoms with Crippen molar-refractivity contribution < 1.29 is 25.9 Å². The number of rotatable bonds is 9. The molecule has 0 saturated heterocycles. The first kappa shape index (κ1) is 27.1. The van der Waals surface area contributed by atoms with E-state index in [0.717, 1.165) is 11.3 Å². The van der Waals surface area contributed by atoms with Crippen molar-refractivity contribution in [1.82, 2.24) is 0 Å². The summed E-state index contributed by atoms with van der Waals surface area (Å²) >= 11 is 0. The van der Waals surface area contributed by atoms with Gasteiger partial charge in [-0.1, -0.05) is 12.1 Å². The van der Waals surface area contributed by atoms with Gasteiger partial charge in [0, 0.05) is 18.8 Å². The van der Waals surface area contributed by atoms with Crippen molar-refractivity contribution in [3.05, 3.63) is 29.8 Å². The molecule has 0 aromatic heterocycles. The van der Waals surface area contributed by atoms with E-state index in [4.69, 9.17) is 9.11 Å². The van der Waals surface area contributed by atoms with Crippen LogP contribution >= 0.6 is 0 Å². The second-order valence-electron chi connectivity index (χ2n) is 5.11. The first-order chi connectivity index (χ1) is 10.1. The van der Waals surface area contributed by atoms with Gasteiger partial charge in [-0.3, -0.25) is 9.11 Å². The number of hydrogen-bond donors (Lipinski definition) is 2. The van der Waals surface area contributed by atoms with Crippen LogP contribution in [0.1, 0.15) is 18.4 Å². The third-order valence-electron chi connectivity index (χ3n) is 3.03. The third kappa shape index (κ3) is 13.1. The summed E-state index contributed by atoms with van der Waals surface area (Å²) in [6.07, 6.45) is 0.442. The Labute approximate surface area is 188 Å². The molecule has 0 heterocycles. The molecule has 0 bridgehead atoms. The summed E-state index contributed by atoms with van der Waals surface area (Å²) in [6, 6.07) is 7.51. The topological polar surface area (TPSA) is 112 Å². The van der Waals surface area contributed by atoms with Crippen LogP contribution in [0.5, 0.6) is 0 Å². The standard InChI is InChI=1S/C13H21NO6S2.2Na.2H/c1-12-5-2-6-13(11-12)14(7-3-9-21(15,16)17)8-4-10-22(18,19)20;;;;/h2,5-6,11H,3-4,7-10H2,1H3,(H,15,16,17)(H,18,19,20);;;;. The summed E-state index contributed by atoms with van der Waals surface area (Å²) in [5, 5.41) is 0. The van der Waals surface area contributed by atoms with Crippen molar-refractivity contribution >= 4 is 85.0 Å². The predicted molar refractivity (Wildman–Crippen MR) is 99.8 cm³/mol. The molecule has 0 unspecified atom stereocenters. The zero-order chi connectivity index (χ0) is 16.8. The first-order valence-corrected chi connectivity index (χ1v) is 10.0. The summed E-state index contributed by atoms with van der Waals surface area (Å²) in [4.78, 5) is 1.84. The molecular formula is C13H23NNa2O6S2. The van der Waals surface area contributed by atoms with Crippen molar-refractivity contribution in [3.63, 3.8) is 0 Å². The molecule has 0 aliphatic carbocycles. The molecule has 1 rings (SSSR count). The molecule has 0 aliphatic rings. The Balaban J connectivity index is 0. The van der Waals surface area contributed by atoms with Crippen LogP contribution < -0.4 is 4.90 Å². The Hall–Kier alpha value is 0.840. The van der Waals surface area contributed by atoms with E-state index in [1.807, 2.05) is 36.1 Å². The molecule has 1 aromatic rings. The minimum atomic E-state index is -4.02. The van der Waals surface area contributed by atoms with Crippen LogP contribution in [0.3, 0.4) is 0 Å². The summed E-state index contributed by atoms with van der Waals surface area (Å²) in [7, 11) is -8.03. The monoisotopic (exact) mass is 399 g/mol. The van der Waals surface area contributed by atoms with Crippen molar-refractivity contribution in [2.75, 3.05) is 29.5 Å². The van der Waals surface area contributed by atoms with Gasteiger partial charge >= 0.3 is 59.1 Å². The fourth-order valence-corrected chi connectivity index (χ4v) is 3.06. The van der Waals surface area contributed by atoms with Gasteiger partial charge in [0.05, 0.1) is 11.5 Å². The zero-order valence-electron chi connectivity index (χ0n) is 12.3. The van der Waals surface area contributed by atoms with E-state index in [-0.39, 0.29) is 83.5 Å². The van der Waals surface area contributed by atoms with Crippen LogP contribution in [0.25, 0.3) is 0 Å². The normalized spacial score (nSPS) is 11.3. The van der Waals surface area contributed by atoms with Gasteiger partial charge in [-0.15, -0.1) is 0 Å². The van der Waals surface area contributed by atoms with Crippen molar-refractivity contribution in [2.45, 2.75) is 19.8 Å². The van der Waals surface area contributed by atoms with Crippen molar-refractivity contribution in [2.24, 2.45) is 0 Å². The average molecular weight is 399 g/mol. The molecule has 24 heavy (non-hydrogen) atoms. The number of nitrogens with zero attached hydrogens (tertiary/aromatic N) is 1. The second kappa shape index (κ2) is 12.3. The van der Waals surface area contributed by atoms with Crippen LogP contribution in [0.4, 0.5) is 5.69 Å². The van der Waals surface area contributed by atoms with E-state index < -0.39 is 20.2 Å². The summed E-state index contributed by atoms with van der Waals surface area (Å²) in [5.41, 5.74) is 1.86. The molecule has 1 aromatic carbocycles. The van der Waals surface area contributed by atoms with Crippen LogP contribution in [-0.2, 0) is 20.2 Å². The molecule has 0 atom stereocenters. The molecule has 0 fully saturated rings. The molecule has 0 amide bonds. The quantitative estimate of drug-likeness (QED) is 0.446. The SMILES string of the molecule is Cc1cccc(N(CCCS(=O)(=O)O)CCCS(=O)(=O)O)c1.[NaH].[NaH]. The molecule has 0 saturated carbocycles. The molecule has 0 aliphatic heterocycles. The van der Waals surface area contributed by atoms with Gasteiger partial charge < -0.3 is 4.90 Å². The third-order valence-corrected chi connectivity index (χ3v) is 4.64.